The van der Waals surface area contributed by atoms with Gasteiger partial charge in [0.25, 0.3) is 0 Å². The van der Waals surface area contributed by atoms with Gasteiger partial charge in [-0.25, -0.2) is 0 Å². The second-order valence-electron chi connectivity index (χ2n) is 8.81. The van der Waals surface area contributed by atoms with Crippen molar-refractivity contribution < 1.29 is 45.3 Å². The summed E-state index contributed by atoms with van der Waals surface area (Å²) in [5.41, 5.74) is 0. The molecule has 36 heavy (non-hydrogen) atoms. The molecule has 0 aliphatic heterocycles. The van der Waals surface area contributed by atoms with Crippen LogP contribution in [0.1, 0.15) is 86.0 Å². The average molecular weight is 539 g/mol. The smallest absolute Gasteiger partial charge is 0.448 e. The number of hydrogen-bond donors (Lipinski definition) is 0. The first-order valence-corrected chi connectivity index (χ1v) is 13.1. The predicted molar refractivity (Wildman–Crippen MR) is 131 cm³/mol. The highest BCUT2D eigenvalue weighted by atomic mass is 19.4. The van der Waals surface area contributed by atoms with Gasteiger partial charge in [-0.2, -0.15) is 26.3 Å². The fourth-order valence-electron chi connectivity index (χ4n) is 2.98. The van der Waals surface area contributed by atoms with E-state index in [-0.39, 0.29) is 26.4 Å². The minimum absolute atomic E-state index is 0.00904. The second kappa shape index (κ2) is 22.0. The molecule has 0 saturated heterocycles. The molecule has 10 heteroatoms. The van der Waals surface area contributed by atoms with Gasteiger partial charge in [0.15, 0.2) is 11.9 Å². The summed E-state index contributed by atoms with van der Waals surface area (Å²) >= 11 is 0. The maximum atomic E-state index is 12.1. The minimum Gasteiger partial charge on any atom is -0.487 e. The molecule has 0 saturated carbocycles. The lowest BCUT2D eigenvalue weighted by atomic mass is 10.0. The zero-order valence-electron chi connectivity index (χ0n) is 22.7. The van der Waals surface area contributed by atoms with Crippen molar-refractivity contribution in [3.05, 3.63) is 12.3 Å². The van der Waals surface area contributed by atoms with Crippen LogP contribution in [0, 0.1) is 11.8 Å². The van der Waals surface area contributed by atoms with Crippen LogP contribution in [0.2, 0.25) is 0 Å². The summed E-state index contributed by atoms with van der Waals surface area (Å²) in [6.07, 6.45) is -1.57. The monoisotopic (exact) mass is 538 g/mol. The first-order valence-electron chi connectivity index (χ1n) is 13.1. The predicted octanol–water partition coefficient (Wildman–Crippen LogP) is 8.50. The number of allylic oxidation sites excluding steroid dienone is 1. The number of ether oxygens (including phenoxy) is 4. The minimum atomic E-state index is -4.48. The van der Waals surface area contributed by atoms with Gasteiger partial charge in [-0.1, -0.05) is 72.8 Å². The highest BCUT2D eigenvalue weighted by Gasteiger charge is 2.36. The first kappa shape index (κ1) is 37.2. The zero-order chi connectivity index (χ0) is 28.0. The van der Waals surface area contributed by atoms with E-state index in [1.165, 1.54) is 6.42 Å². The van der Waals surface area contributed by atoms with E-state index in [1.54, 1.807) is 0 Å². The fourth-order valence-corrected chi connectivity index (χ4v) is 2.98. The standard InChI is InChI=1S/C13H25F3O2.C13H23F3O2/c2*1-4-6-7-12(5-2)10-17-8-9-18-11(3)13(14,15)16/h11-12H,4-10H2,1-3H3;12H,3-10H2,1-2H3. The van der Waals surface area contributed by atoms with E-state index < -0.39 is 24.2 Å². The lowest BCUT2D eigenvalue weighted by Gasteiger charge is -2.17. The molecular weight excluding hydrogens is 490 g/mol. The number of alkyl halides is 6. The molecule has 0 radical (unpaired) electrons. The van der Waals surface area contributed by atoms with Gasteiger partial charge >= 0.3 is 12.4 Å². The Labute approximate surface area is 214 Å². The summed E-state index contributed by atoms with van der Waals surface area (Å²) in [6.45, 7) is 13.7. The van der Waals surface area contributed by atoms with Crippen molar-refractivity contribution in [2.45, 2.75) is 104 Å². The summed E-state index contributed by atoms with van der Waals surface area (Å²) in [5.74, 6) is -0.176. The van der Waals surface area contributed by atoms with E-state index in [9.17, 15) is 26.3 Å². The van der Waals surface area contributed by atoms with Crippen molar-refractivity contribution in [1.82, 2.24) is 0 Å². The SMILES string of the molecule is C=C(OCCOCC(CC)CCCC)C(F)(F)F.CCCCC(CC)COCCOC(C)C(F)(F)F. The van der Waals surface area contributed by atoms with Crippen LogP contribution >= 0.6 is 0 Å². The van der Waals surface area contributed by atoms with Crippen LogP contribution in [-0.4, -0.2) is 58.1 Å². The molecule has 0 bridgehead atoms. The second-order valence-corrected chi connectivity index (χ2v) is 8.81. The topological polar surface area (TPSA) is 36.9 Å². The molecule has 0 aromatic rings. The number of hydrogen-bond acceptors (Lipinski definition) is 4. The summed E-state index contributed by atoms with van der Waals surface area (Å²) in [5, 5.41) is 0. The van der Waals surface area contributed by atoms with Gasteiger partial charge in [-0.3, -0.25) is 0 Å². The largest absolute Gasteiger partial charge is 0.487 e. The Morgan fingerprint density at radius 1 is 0.722 bits per heavy atom. The molecule has 0 fully saturated rings. The molecule has 0 aliphatic carbocycles. The molecule has 0 aromatic heterocycles. The molecular formula is C26H48F6O4. The Kier molecular flexibility index (Phi) is 22.7. The van der Waals surface area contributed by atoms with E-state index in [1.807, 2.05) is 0 Å². The van der Waals surface area contributed by atoms with Crippen LogP contribution in [0.15, 0.2) is 12.3 Å². The Balaban J connectivity index is 0. The summed E-state index contributed by atoms with van der Waals surface area (Å²) in [6, 6.07) is 0. The Bertz CT molecular complexity index is 512. The molecule has 4 nitrogen and oxygen atoms in total. The van der Waals surface area contributed by atoms with E-state index in [0.717, 1.165) is 51.9 Å². The van der Waals surface area contributed by atoms with Gasteiger partial charge < -0.3 is 18.9 Å². The summed E-state index contributed by atoms with van der Waals surface area (Å²) in [4.78, 5) is 0. The van der Waals surface area contributed by atoms with Gasteiger partial charge in [-0.05, 0) is 31.6 Å². The molecule has 0 spiro atoms. The third-order valence-electron chi connectivity index (χ3n) is 5.67. The Morgan fingerprint density at radius 2 is 1.17 bits per heavy atom. The van der Waals surface area contributed by atoms with E-state index in [0.29, 0.717) is 25.0 Å². The molecule has 0 aliphatic rings. The lowest BCUT2D eigenvalue weighted by Crippen LogP contribution is -2.29. The molecule has 3 unspecified atom stereocenters. The summed E-state index contributed by atoms with van der Waals surface area (Å²) < 4.78 is 92.2. The van der Waals surface area contributed by atoms with Crippen molar-refractivity contribution in [2.75, 3.05) is 39.6 Å². The molecule has 0 N–H and O–H groups in total. The van der Waals surface area contributed by atoms with E-state index >= 15 is 0 Å². The van der Waals surface area contributed by atoms with Crippen molar-refractivity contribution in [3.63, 3.8) is 0 Å². The zero-order valence-corrected chi connectivity index (χ0v) is 22.7. The highest BCUT2D eigenvalue weighted by Crippen LogP contribution is 2.24. The van der Waals surface area contributed by atoms with Crippen LogP contribution in [0.25, 0.3) is 0 Å². The third kappa shape index (κ3) is 22.2. The highest BCUT2D eigenvalue weighted by molar-refractivity contribution is 4.91. The molecule has 218 valence electrons. The van der Waals surface area contributed by atoms with Gasteiger partial charge in [0.1, 0.15) is 6.61 Å². The normalized spacial score (nSPS) is 14.5. The van der Waals surface area contributed by atoms with Crippen LogP contribution < -0.4 is 0 Å². The van der Waals surface area contributed by atoms with Crippen LogP contribution in [-0.2, 0) is 18.9 Å². The number of halogens is 6. The molecule has 0 amide bonds. The van der Waals surface area contributed by atoms with Crippen molar-refractivity contribution in [3.8, 4) is 0 Å². The van der Waals surface area contributed by atoms with Gasteiger partial charge in [-0.15, -0.1) is 0 Å². The van der Waals surface area contributed by atoms with E-state index in [4.69, 9.17) is 9.47 Å². The first-order chi connectivity index (χ1) is 16.8. The molecule has 3 atom stereocenters. The van der Waals surface area contributed by atoms with Crippen LogP contribution in [0.3, 0.4) is 0 Å². The maximum absolute atomic E-state index is 12.1. The fraction of sp³-hybridized carbons (Fsp3) is 0.923. The lowest BCUT2D eigenvalue weighted by molar-refractivity contribution is -0.216. The van der Waals surface area contributed by atoms with Crippen molar-refractivity contribution >= 4 is 0 Å². The van der Waals surface area contributed by atoms with Gasteiger partial charge in [0.2, 0.25) is 0 Å². The summed E-state index contributed by atoms with van der Waals surface area (Å²) in [7, 11) is 0. The van der Waals surface area contributed by atoms with Crippen LogP contribution in [0.4, 0.5) is 26.3 Å². The van der Waals surface area contributed by atoms with Gasteiger partial charge in [0, 0.05) is 13.2 Å². The molecule has 0 heterocycles. The number of rotatable bonds is 20. The van der Waals surface area contributed by atoms with Crippen molar-refractivity contribution in [1.29, 1.82) is 0 Å². The van der Waals surface area contributed by atoms with E-state index in [2.05, 4.69) is 43.7 Å². The van der Waals surface area contributed by atoms with Crippen molar-refractivity contribution in [2.24, 2.45) is 11.8 Å². The molecule has 0 aromatic carbocycles. The van der Waals surface area contributed by atoms with Gasteiger partial charge in [0.05, 0.1) is 19.8 Å². The Hall–Kier alpha value is -1.00. The quantitative estimate of drug-likeness (QED) is 0.0885. The van der Waals surface area contributed by atoms with Crippen LogP contribution in [0.5, 0.6) is 0 Å². The maximum Gasteiger partial charge on any atom is 0.448 e. The molecule has 0 rings (SSSR count). The average Bonchev–Trinajstić information content (AvgIpc) is 2.81. The number of unbranched alkanes of at least 4 members (excludes halogenated alkanes) is 2. The Morgan fingerprint density at radius 3 is 1.53 bits per heavy atom. The third-order valence-corrected chi connectivity index (χ3v) is 5.67.